The number of nitrogens with one attached hydrogen (secondary N) is 1. The molecule has 0 aromatic heterocycles. The zero-order valence-electron chi connectivity index (χ0n) is 21.3. The largest absolute Gasteiger partial charge is 0.508 e. The molecule has 5 rings (SSSR count). The first-order chi connectivity index (χ1) is 17.7. The van der Waals surface area contributed by atoms with Crippen molar-refractivity contribution in [2.45, 2.75) is 26.2 Å². The average molecular weight is 505 g/mol. The Hall–Kier alpha value is -3.29. The molecule has 0 amide bonds. The van der Waals surface area contributed by atoms with Crippen molar-refractivity contribution >= 4 is 17.1 Å². The van der Waals surface area contributed by atoms with E-state index in [9.17, 15) is 24.2 Å². The number of benzene rings is 2. The van der Waals surface area contributed by atoms with E-state index < -0.39 is 11.2 Å². The SMILES string of the molecule is Cc1c(F)cccc1C1=C(C(=O)c2cccc(O)c2)CC(C(=O)C2CCCNC2)(C2CN(C)C2)C=C1O. The van der Waals surface area contributed by atoms with Gasteiger partial charge in [0, 0.05) is 48.2 Å². The van der Waals surface area contributed by atoms with E-state index in [1.54, 1.807) is 37.3 Å². The van der Waals surface area contributed by atoms with Gasteiger partial charge >= 0.3 is 0 Å². The van der Waals surface area contributed by atoms with Gasteiger partial charge in [-0.15, -0.1) is 0 Å². The third-order valence-corrected chi connectivity index (χ3v) is 8.26. The summed E-state index contributed by atoms with van der Waals surface area (Å²) < 4.78 is 14.6. The van der Waals surface area contributed by atoms with E-state index in [0.29, 0.717) is 30.8 Å². The quantitative estimate of drug-likeness (QED) is 0.504. The Morgan fingerprint density at radius 3 is 2.57 bits per heavy atom. The molecule has 2 fully saturated rings. The molecule has 1 aliphatic carbocycles. The van der Waals surface area contributed by atoms with Crippen LogP contribution in [-0.2, 0) is 4.79 Å². The van der Waals surface area contributed by atoms with E-state index in [4.69, 9.17) is 0 Å². The van der Waals surface area contributed by atoms with Crippen molar-refractivity contribution in [2.24, 2.45) is 17.3 Å². The van der Waals surface area contributed by atoms with Gasteiger partial charge in [-0.3, -0.25) is 9.59 Å². The number of aliphatic hydroxyl groups excluding tert-OH is 1. The maximum atomic E-state index is 14.6. The number of hydrogen-bond donors (Lipinski definition) is 3. The van der Waals surface area contributed by atoms with Crippen LogP contribution >= 0.6 is 0 Å². The van der Waals surface area contributed by atoms with Gasteiger partial charge < -0.3 is 20.4 Å². The maximum Gasteiger partial charge on any atom is 0.189 e. The van der Waals surface area contributed by atoms with Gasteiger partial charge in [-0.25, -0.2) is 4.39 Å². The summed E-state index contributed by atoms with van der Waals surface area (Å²) >= 11 is 0. The Balaban J connectivity index is 1.69. The topological polar surface area (TPSA) is 89.9 Å². The highest BCUT2D eigenvalue weighted by atomic mass is 19.1. The smallest absolute Gasteiger partial charge is 0.189 e. The molecular formula is C30H33FN2O4. The van der Waals surface area contributed by atoms with Crippen molar-refractivity contribution in [3.63, 3.8) is 0 Å². The second-order valence-corrected chi connectivity index (χ2v) is 10.7. The van der Waals surface area contributed by atoms with Gasteiger partial charge in [0.1, 0.15) is 23.1 Å². The number of Topliss-reactive ketones (excluding diaryl/α,β-unsaturated/α-hetero) is 2. The Morgan fingerprint density at radius 2 is 1.89 bits per heavy atom. The summed E-state index contributed by atoms with van der Waals surface area (Å²) in [4.78, 5) is 30.4. The highest BCUT2D eigenvalue weighted by molar-refractivity contribution is 6.16. The number of rotatable bonds is 6. The van der Waals surface area contributed by atoms with Gasteiger partial charge in [0.15, 0.2) is 5.78 Å². The first-order valence-electron chi connectivity index (χ1n) is 12.9. The van der Waals surface area contributed by atoms with Crippen LogP contribution in [-0.4, -0.2) is 59.9 Å². The van der Waals surface area contributed by atoms with Gasteiger partial charge in [0.2, 0.25) is 0 Å². The Morgan fingerprint density at radius 1 is 1.14 bits per heavy atom. The molecule has 0 saturated carbocycles. The number of aromatic hydroxyl groups is 1. The first-order valence-corrected chi connectivity index (χ1v) is 12.9. The third kappa shape index (κ3) is 4.51. The van der Waals surface area contributed by atoms with Crippen molar-refractivity contribution in [1.82, 2.24) is 10.2 Å². The molecule has 7 heteroatoms. The Kier molecular flexibility index (Phi) is 6.77. The summed E-state index contributed by atoms with van der Waals surface area (Å²) in [5, 5.41) is 24.9. The fourth-order valence-corrected chi connectivity index (χ4v) is 6.20. The molecular weight excluding hydrogens is 471 g/mol. The number of hydrogen-bond acceptors (Lipinski definition) is 6. The number of aliphatic hydroxyl groups is 1. The summed E-state index contributed by atoms with van der Waals surface area (Å²) in [7, 11) is 1.99. The highest BCUT2D eigenvalue weighted by Crippen LogP contribution is 2.51. The van der Waals surface area contributed by atoms with E-state index in [-0.39, 0.29) is 58.0 Å². The number of carbonyl (C=O) groups excluding carboxylic acids is 2. The van der Waals surface area contributed by atoms with E-state index in [0.717, 1.165) is 19.4 Å². The Labute approximate surface area is 216 Å². The minimum Gasteiger partial charge on any atom is -0.508 e. The van der Waals surface area contributed by atoms with Crippen LogP contribution in [0.5, 0.6) is 5.75 Å². The lowest BCUT2D eigenvalue weighted by Crippen LogP contribution is -2.58. The van der Waals surface area contributed by atoms with Crippen LogP contribution in [0, 0.1) is 30.0 Å². The van der Waals surface area contributed by atoms with Crippen molar-refractivity contribution in [2.75, 3.05) is 33.2 Å². The normalized spacial score (nSPS) is 24.9. The molecule has 2 unspecified atom stereocenters. The first kappa shape index (κ1) is 25.4. The molecule has 194 valence electrons. The molecule has 37 heavy (non-hydrogen) atoms. The molecule has 2 aromatic carbocycles. The van der Waals surface area contributed by atoms with Crippen LogP contribution in [0.25, 0.3) is 5.57 Å². The minimum atomic E-state index is -1.05. The molecule has 2 aliphatic heterocycles. The lowest BCUT2D eigenvalue weighted by atomic mass is 9.59. The van der Waals surface area contributed by atoms with Crippen LogP contribution in [0.15, 0.2) is 59.9 Å². The summed E-state index contributed by atoms with van der Waals surface area (Å²) in [6.07, 6.45) is 3.43. The molecule has 2 heterocycles. The molecule has 6 nitrogen and oxygen atoms in total. The molecule has 0 bridgehead atoms. The predicted molar refractivity (Wildman–Crippen MR) is 140 cm³/mol. The van der Waals surface area contributed by atoms with Crippen LogP contribution in [0.1, 0.15) is 40.7 Å². The zero-order valence-corrected chi connectivity index (χ0v) is 21.3. The third-order valence-electron chi connectivity index (χ3n) is 8.26. The molecule has 0 radical (unpaired) electrons. The van der Waals surface area contributed by atoms with E-state index >= 15 is 0 Å². The molecule has 0 spiro atoms. The number of nitrogens with zero attached hydrogens (tertiary/aromatic N) is 1. The Bertz CT molecular complexity index is 1300. The summed E-state index contributed by atoms with van der Waals surface area (Å²) in [5.74, 6) is -1.28. The van der Waals surface area contributed by atoms with E-state index in [1.165, 1.54) is 18.2 Å². The number of ketones is 2. The number of allylic oxidation sites excluding steroid dienone is 3. The summed E-state index contributed by atoms with van der Waals surface area (Å²) in [5.41, 5.74) is 0.463. The number of carbonyl (C=O) groups is 2. The van der Waals surface area contributed by atoms with Gasteiger partial charge in [-0.2, -0.15) is 0 Å². The second kappa shape index (κ2) is 9.88. The van der Waals surface area contributed by atoms with Gasteiger partial charge in [-0.05, 0) is 75.2 Å². The number of halogens is 1. The molecule has 2 atom stereocenters. The summed E-state index contributed by atoms with van der Waals surface area (Å²) in [6, 6.07) is 10.6. The molecule has 2 aromatic rings. The van der Waals surface area contributed by atoms with Gasteiger partial charge in [-0.1, -0.05) is 24.3 Å². The molecule has 3 N–H and O–H groups in total. The average Bonchev–Trinajstić information content (AvgIpc) is 2.88. The van der Waals surface area contributed by atoms with E-state index in [1.807, 2.05) is 7.05 Å². The number of likely N-dealkylation sites (tertiary alicyclic amines) is 1. The van der Waals surface area contributed by atoms with Crippen molar-refractivity contribution in [1.29, 1.82) is 0 Å². The van der Waals surface area contributed by atoms with Crippen LogP contribution in [0.2, 0.25) is 0 Å². The van der Waals surface area contributed by atoms with E-state index in [2.05, 4.69) is 10.2 Å². The van der Waals surface area contributed by atoms with Crippen molar-refractivity contribution in [3.8, 4) is 5.75 Å². The van der Waals surface area contributed by atoms with Crippen LogP contribution < -0.4 is 5.32 Å². The van der Waals surface area contributed by atoms with Crippen LogP contribution in [0.4, 0.5) is 4.39 Å². The minimum absolute atomic E-state index is 0.0422. The number of phenolic OH excluding ortho intramolecular Hbond substituents is 1. The predicted octanol–water partition coefficient (Wildman–Crippen LogP) is 4.44. The lowest BCUT2D eigenvalue weighted by molar-refractivity contribution is -0.137. The fourth-order valence-electron chi connectivity index (χ4n) is 6.20. The van der Waals surface area contributed by atoms with Gasteiger partial charge in [0.05, 0.1) is 5.41 Å². The van der Waals surface area contributed by atoms with Crippen molar-refractivity contribution in [3.05, 3.63) is 82.4 Å². The highest BCUT2D eigenvalue weighted by Gasteiger charge is 2.53. The molecule has 3 aliphatic rings. The molecule has 2 saturated heterocycles. The summed E-state index contributed by atoms with van der Waals surface area (Å²) in [6.45, 7) is 4.42. The second-order valence-electron chi connectivity index (χ2n) is 10.7. The zero-order chi connectivity index (χ0) is 26.3. The fraction of sp³-hybridized carbons (Fsp3) is 0.400. The maximum absolute atomic E-state index is 14.6. The lowest BCUT2D eigenvalue weighted by Gasteiger charge is -2.50. The van der Waals surface area contributed by atoms with Crippen LogP contribution in [0.3, 0.4) is 0 Å². The number of phenols is 1. The van der Waals surface area contributed by atoms with Gasteiger partial charge in [0.25, 0.3) is 0 Å². The van der Waals surface area contributed by atoms with Crippen molar-refractivity contribution < 1.29 is 24.2 Å². The standard InChI is InChI=1S/C30H33FN2O4/c1-18-23(9-4-10-25(18)31)27-24(28(36)19-6-3-8-22(34)12-19)13-30(14-26(27)35,21-16-33(2)17-21)29(37)20-7-5-11-32-15-20/h3-4,6,8-10,12,14,20-21,32,34-35H,5,7,11,13,15-17H2,1-2H3. The number of piperidine rings is 1. The monoisotopic (exact) mass is 504 g/mol.